The molecule has 2 aromatic carbocycles. The molecule has 0 saturated carbocycles. The van der Waals surface area contributed by atoms with Crippen LogP contribution in [0.25, 0.3) is 0 Å². The molecule has 0 bridgehead atoms. The van der Waals surface area contributed by atoms with Gasteiger partial charge in [0.05, 0.1) is 13.0 Å². The van der Waals surface area contributed by atoms with E-state index in [1.54, 1.807) is 12.0 Å². The second-order valence-corrected chi connectivity index (χ2v) is 7.01. The smallest absolute Gasteiger partial charge is 0.225 e. The lowest BCUT2D eigenvalue weighted by Gasteiger charge is -2.17. The minimum atomic E-state index is -0.277. The molecule has 1 heterocycles. The van der Waals surface area contributed by atoms with Gasteiger partial charge in [0.2, 0.25) is 11.8 Å². The van der Waals surface area contributed by atoms with Crippen molar-refractivity contribution in [3.8, 4) is 5.75 Å². The Morgan fingerprint density at radius 1 is 1.19 bits per heavy atom. The predicted octanol–water partition coefficient (Wildman–Crippen LogP) is 2.71. The van der Waals surface area contributed by atoms with E-state index in [0.717, 1.165) is 16.9 Å². The van der Waals surface area contributed by atoms with Crippen LogP contribution < -0.4 is 10.1 Å². The number of nitrogens with one attached hydrogen (secondary N) is 1. The van der Waals surface area contributed by atoms with Gasteiger partial charge in [-0.3, -0.25) is 9.59 Å². The second kappa shape index (κ2) is 8.71. The highest BCUT2D eigenvalue weighted by Gasteiger charge is 2.34. The molecule has 2 amide bonds. The summed E-state index contributed by atoms with van der Waals surface area (Å²) in [5, 5.41) is 2.96. The summed E-state index contributed by atoms with van der Waals surface area (Å²) in [6, 6.07) is 15.9. The Kier molecular flexibility index (Phi) is 6.12. The molecule has 27 heavy (non-hydrogen) atoms. The standard InChI is InChI=1S/C22H26N2O3/c1-16-7-9-17(10-8-16)14-24-15-19(13-21(24)25)22(26)23-12-11-18-5-3-4-6-20(18)27-2/h3-10,19H,11-15H2,1-2H3,(H,23,26). The summed E-state index contributed by atoms with van der Waals surface area (Å²) >= 11 is 0. The maximum absolute atomic E-state index is 12.5. The summed E-state index contributed by atoms with van der Waals surface area (Å²) in [6.45, 7) is 3.61. The van der Waals surface area contributed by atoms with E-state index in [2.05, 4.69) is 5.32 Å². The minimum absolute atomic E-state index is 0.0421. The number of methoxy groups -OCH3 is 1. The fourth-order valence-electron chi connectivity index (χ4n) is 3.39. The van der Waals surface area contributed by atoms with E-state index in [4.69, 9.17) is 4.74 Å². The van der Waals surface area contributed by atoms with Crippen LogP contribution in [0.15, 0.2) is 48.5 Å². The van der Waals surface area contributed by atoms with Crippen molar-refractivity contribution in [1.82, 2.24) is 10.2 Å². The summed E-state index contributed by atoms with van der Waals surface area (Å²) < 4.78 is 5.33. The van der Waals surface area contributed by atoms with Gasteiger partial charge < -0.3 is 15.0 Å². The van der Waals surface area contributed by atoms with Crippen molar-refractivity contribution in [1.29, 1.82) is 0 Å². The van der Waals surface area contributed by atoms with Gasteiger partial charge in [-0.15, -0.1) is 0 Å². The molecule has 1 atom stereocenters. The fraction of sp³-hybridized carbons (Fsp3) is 0.364. The van der Waals surface area contributed by atoms with Crippen molar-refractivity contribution in [3.63, 3.8) is 0 Å². The summed E-state index contributed by atoms with van der Waals surface area (Å²) in [6.07, 6.45) is 0.982. The van der Waals surface area contributed by atoms with Crippen LogP contribution in [0.5, 0.6) is 5.75 Å². The third-order valence-electron chi connectivity index (χ3n) is 4.97. The first kappa shape index (κ1) is 19.0. The lowest BCUT2D eigenvalue weighted by Crippen LogP contribution is -2.34. The molecule has 142 valence electrons. The molecular formula is C22H26N2O3. The quantitative estimate of drug-likeness (QED) is 0.820. The third-order valence-corrected chi connectivity index (χ3v) is 4.97. The Balaban J connectivity index is 1.49. The van der Waals surface area contributed by atoms with Gasteiger partial charge in [0.15, 0.2) is 0 Å². The van der Waals surface area contributed by atoms with Gasteiger partial charge in [0, 0.05) is 26.1 Å². The molecule has 1 aliphatic heterocycles. The fourth-order valence-corrected chi connectivity index (χ4v) is 3.39. The zero-order chi connectivity index (χ0) is 19.2. The van der Waals surface area contributed by atoms with E-state index in [1.165, 1.54) is 5.56 Å². The van der Waals surface area contributed by atoms with E-state index in [0.29, 0.717) is 26.1 Å². The summed E-state index contributed by atoms with van der Waals surface area (Å²) in [5.41, 5.74) is 3.34. The lowest BCUT2D eigenvalue weighted by molar-refractivity contribution is -0.129. The number of hydrogen-bond donors (Lipinski definition) is 1. The Labute approximate surface area is 160 Å². The first-order chi connectivity index (χ1) is 13.1. The average molecular weight is 366 g/mol. The van der Waals surface area contributed by atoms with Crippen molar-refractivity contribution >= 4 is 11.8 Å². The Morgan fingerprint density at radius 3 is 2.67 bits per heavy atom. The lowest BCUT2D eigenvalue weighted by atomic mass is 10.1. The number of likely N-dealkylation sites (tertiary alicyclic amines) is 1. The molecule has 1 aliphatic rings. The normalized spacial score (nSPS) is 16.4. The van der Waals surface area contributed by atoms with Gasteiger partial charge in [-0.05, 0) is 30.5 Å². The van der Waals surface area contributed by atoms with Crippen molar-refractivity contribution in [2.45, 2.75) is 26.3 Å². The van der Waals surface area contributed by atoms with Crippen LogP contribution in [0.2, 0.25) is 0 Å². The van der Waals surface area contributed by atoms with Crippen LogP contribution in [0.3, 0.4) is 0 Å². The second-order valence-electron chi connectivity index (χ2n) is 7.01. The Morgan fingerprint density at radius 2 is 1.93 bits per heavy atom. The van der Waals surface area contributed by atoms with Gasteiger partial charge in [0.1, 0.15) is 5.75 Å². The van der Waals surface area contributed by atoms with Crippen LogP contribution >= 0.6 is 0 Å². The van der Waals surface area contributed by atoms with E-state index >= 15 is 0 Å². The molecule has 1 fully saturated rings. The number of rotatable bonds is 7. The molecule has 5 nitrogen and oxygen atoms in total. The molecule has 0 radical (unpaired) electrons. The topological polar surface area (TPSA) is 58.6 Å². The van der Waals surface area contributed by atoms with Crippen LogP contribution in [0.1, 0.15) is 23.1 Å². The number of aryl methyl sites for hydroxylation is 1. The number of carbonyl (C=O) groups is 2. The third kappa shape index (κ3) is 4.88. The first-order valence-corrected chi connectivity index (χ1v) is 9.29. The molecule has 1 saturated heterocycles. The zero-order valence-electron chi connectivity index (χ0n) is 15.9. The molecule has 2 aromatic rings. The molecule has 0 aliphatic carbocycles. The monoisotopic (exact) mass is 366 g/mol. The van der Waals surface area contributed by atoms with E-state index in [9.17, 15) is 9.59 Å². The number of benzene rings is 2. The summed E-state index contributed by atoms with van der Waals surface area (Å²) in [5.74, 6) is 0.540. The highest BCUT2D eigenvalue weighted by molar-refractivity contribution is 5.89. The van der Waals surface area contributed by atoms with Crippen molar-refractivity contribution in [3.05, 3.63) is 65.2 Å². The van der Waals surface area contributed by atoms with E-state index in [1.807, 2.05) is 55.5 Å². The molecular weight excluding hydrogens is 340 g/mol. The van der Waals surface area contributed by atoms with Crippen LogP contribution in [0, 0.1) is 12.8 Å². The van der Waals surface area contributed by atoms with E-state index in [-0.39, 0.29) is 24.2 Å². The summed E-state index contributed by atoms with van der Waals surface area (Å²) in [4.78, 5) is 26.5. The van der Waals surface area contributed by atoms with Gasteiger partial charge in [-0.25, -0.2) is 0 Å². The maximum Gasteiger partial charge on any atom is 0.225 e. The Hall–Kier alpha value is -2.82. The van der Waals surface area contributed by atoms with Gasteiger partial charge in [-0.2, -0.15) is 0 Å². The number of carbonyl (C=O) groups excluding carboxylic acids is 2. The number of amides is 2. The predicted molar refractivity (Wildman–Crippen MR) is 104 cm³/mol. The molecule has 1 N–H and O–H groups in total. The molecule has 1 unspecified atom stereocenters. The van der Waals surface area contributed by atoms with Gasteiger partial charge in [0.25, 0.3) is 0 Å². The van der Waals surface area contributed by atoms with Crippen molar-refractivity contribution in [2.75, 3.05) is 20.2 Å². The number of ether oxygens (including phenoxy) is 1. The zero-order valence-corrected chi connectivity index (χ0v) is 15.9. The van der Waals surface area contributed by atoms with Crippen molar-refractivity contribution in [2.24, 2.45) is 5.92 Å². The minimum Gasteiger partial charge on any atom is -0.496 e. The number of para-hydroxylation sites is 1. The SMILES string of the molecule is COc1ccccc1CCNC(=O)C1CC(=O)N(Cc2ccc(C)cc2)C1. The molecule has 0 aromatic heterocycles. The van der Waals surface area contributed by atoms with Crippen molar-refractivity contribution < 1.29 is 14.3 Å². The average Bonchev–Trinajstić information content (AvgIpc) is 3.04. The highest BCUT2D eigenvalue weighted by Crippen LogP contribution is 2.21. The highest BCUT2D eigenvalue weighted by atomic mass is 16.5. The maximum atomic E-state index is 12.5. The molecule has 0 spiro atoms. The van der Waals surface area contributed by atoms with Gasteiger partial charge >= 0.3 is 0 Å². The Bertz CT molecular complexity index is 801. The van der Waals surface area contributed by atoms with Crippen LogP contribution in [0.4, 0.5) is 0 Å². The molecule has 3 rings (SSSR count). The largest absolute Gasteiger partial charge is 0.496 e. The van der Waals surface area contributed by atoms with Crippen LogP contribution in [-0.2, 0) is 22.6 Å². The van der Waals surface area contributed by atoms with Gasteiger partial charge in [-0.1, -0.05) is 48.0 Å². The molecule has 5 heteroatoms. The first-order valence-electron chi connectivity index (χ1n) is 9.29. The van der Waals surface area contributed by atoms with Crippen LogP contribution in [-0.4, -0.2) is 36.9 Å². The number of nitrogens with zero attached hydrogens (tertiary/aromatic N) is 1. The number of hydrogen-bond acceptors (Lipinski definition) is 3. The summed E-state index contributed by atoms with van der Waals surface area (Å²) in [7, 11) is 1.64. The van der Waals surface area contributed by atoms with E-state index < -0.39 is 0 Å².